The standard InChI is InChI=1S/C18H26BNO5/c1-16(2,3)23-15(22)20-13-9-8-12(11-21)14(10-13)19-24-17(4,5)18(6,7)25-19/h8-11H,1-7H3,(H,20,22). The number of carbonyl (C=O) groups excluding carboxylic acids is 2. The fourth-order valence-electron chi connectivity index (χ4n) is 2.36. The number of anilines is 1. The van der Waals surface area contributed by atoms with Crippen LogP contribution in [0.15, 0.2) is 18.2 Å². The van der Waals surface area contributed by atoms with Gasteiger partial charge in [-0.25, -0.2) is 4.79 Å². The predicted octanol–water partition coefficient (Wildman–Crippen LogP) is 3.15. The Bertz CT molecular complexity index is 663. The summed E-state index contributed by atoms with van der Waals surface area (Å²) in [6.45, 7) is 13.1. The topological polar surface area (TPSA) is 73.9 Å². The van der Waals surface area contributed by atoms with E-state index in [9.17, 15) is 9.59 Å². The van der Waals surface area contributed by atoms with Gasteiger partial charge in [0.05, 0.1) is 11.2 Å². The molecule has 1 heterocycles. The molecule has 1 amide bonds. The fourth-order valence-corrected chi connectivity index (χ4v) is 2.36. The lowest BCUT2D eigenvalue weighted by Crippen LogP contribution is -2.41. The minimum Gasteiger partial charge on any atom is -0.444 e. The normalized spacial score (nSPS) is 18.8. The monoisotopic (exact) mass is 347 g/mol. The second kappa shape index (κ2) is 6.46. The van der Waals surface area contributed by atoms with Crippen molar-refractivity contribution in [1.29, 1.82) is 0 Å². The van der Waals surface area contributed by atoms with Crippen LogP contribution < -0.4 is 10.8 Å². The third-order valence-corrected chi connectivity index (χ3v) is 4.37. The molecule has 1 N–H and O–H groups in total. The molecule has 0 aromatic heterocycles. The largest absolute Gasteiger partial charge is 0.495 e. The number of nitrogens with one attached hydrogen (secondary N) is 1. The zero-order valence-electron chi connectivity index (χ0n) is 15.9. The summed E-state index contributed by atoms with van der Waals surface area (Å²) in [5, 5.41) is 2.67. The van der Waals surface area contributed by atoms with Gasteiger partial charge in [-0.1, -0.05) is 0 Å². The maximum atomic E-state index is 12.0. The van der Waals surface area contributed by atoms with Crippen LogP contribution in [-0.2, 0) is 14.0 Å². The van der Waals surface area contributed by atoms with Crippen LogP contribution in [-0.4, -0.2) is 36.3 Å². The van der Waals surface area contributed by atoms with Crippen molar-refractivity contribution in [3.8, 4) is 0 Å². The summed E-state index contributed by atoms with van der Waals surface area (Å²) < 4.78 is 17.3. The average Bonchev–Trinajstić information content (AvgIpc) is 2.65. The van der Waals surface area contributed by atoms with E-state index in [0.29, 0.717) is 16.7 Å². The van der Waals surface area contributed by atoms with Crippen LogP contribution in [0.4, 0.5) is 10.5 Å². The zero-order valence-corrected chi connectivity index (χ0v) is 15.9. The molecule has 0 radical (unpaired) electrons. The Morgan fingerprint density at radius 3 is 2.20 bits per heavy atom. The summed E-state index contributed by atoms with van der Waals surface area (Å²) >= 11 is 0. The molecule has 1 aromatic rings. The Morgan fingerprint density at radius 1 is 1.16 bits per heavy atom. The summed E-state index contributed by atoms with van der Waals surface area (Å²) in [6, 6.07) is 4.94. The quantitative estimate of drug-likeness (QED) is 0.672. The van der Waals surface area contributed by atoms with Crippen LogP contribution in [0, 0.1) is 0 Å². The molecule has 0 aliphatic carbocycles. The van der Waals surface area contributed by atoms with E-state index in [2.05, 4.69) is 5.32 Å². The molecule has 1 fully saturated rings. The number of benzene rings is 1. The lowest BCUT2D eigenvalue weighted by Gasteiger charge is -2.32. The van der Waals surface area contributed by atoms with E-state index < -0.39 is 30.0 Å². The Balaban J connectivity index is 2.27. The lowest BCUT2D eigenvalue weighted by atomic mass is 9.76. The molecule has 0 unspecified atom stereocenters. The van der Waals surface area contributed by atoms with E-state index in [-0.39, 0.29) is 0 Å². The smallest absolute Gasteiger partial charge is 0.444 e. The Kier molecular flexibility index (Phi) is 5.03. The summed E-state index contributed by atoms with van der Waals surface area (Å²) in [6.07, 6.45) is 0.184. The first-order chi connectivity index (χ1) is 11.3. The van der Waals surface area contributed by atoms with Gasteiger partial charge in [-0.2, -0.15) is 0 Å². The van der Waals surface area contributed by atoms with Gasteiger partial charge in [0.2, 0.25) is 0 Å². The third kappa shape index (κ3) is 4.41. The van der Waals surface area contributed by atoms with Gasteiger partial charge in [0.25, 0.3) is 0 Å². The highest BCUT2D eigenvalue weighted by molar-refractivity contribution is 6.63. The molecule has 1 aromatic carbocycles. The number of carbonyl (C=O) groups is 2. The second-order valence-corrected chi connectivity index (χ2v) is 8.18. The fraction of sp³-hybridized carbons (Fsp3) is 0.556. The van der Waals surface area contributed by atoms with Gasteiger partial charge in [0.15, 0.2) is 0 Å². The van der Waals surface area contributed by atoms with Gasteiger partial charge < -0.3 is 14.0 Å². The number of hydrogen-bond donors (Lipinski definition) is 1. The maximum Gasteiger partial charge on any atom is 0.495 e. The van der Waals surface area contributed by atoms with Crippen molar-refractivity contribution in [3.63, 3.8) is 0 Å². The average molecular weight is 347 g/mol. The number of aldehydes is 1. The Morgan fingerprint density at radius 2 is 1.72 bits per heavy atom. The molecule has 1 saturated heterocycles. The van der Waals surface area contributed by atoms with Crippen LogP contribution in [0.3, 0.4) is 0 Å². The number of rotatable bonds is 3. The first kappa shape index (κ1) is 19.5. The van der Waals surface area contributed by atoms with Crippen molar-refractivity contribution in [2.75, 3.05) is 5.32 Å². The van der Waals surface area contributed by atoms with Crippen LogP contribution in [0.5, 0.6) is 0 Å². The van der Waals surface area contributed by atoms with Crippen molar-refractivity contribution in [3.05, 3.63) is 23.8 Å². The molecule has 1 aliphatic rings. The van der Waals surface area contributed by atoms with E-state index in [1.54, 1.807) is 39.0 Å². The van der Waals surface area contributed by atoms with Crippen molar-refractivity contribution in [2.24, 2.45) is 0 Å². The SMILES string of the molecule is CC(C)(C)OC(=O)Nc1ccc(C=O)c(B2OC(C)(C)C(C)(C)O2)c1. The molecule has 1 aliphatic heterocycles. The van der Waals surface area contributed by atoms with Crippen molar-refractivity contribution in [2.45, 2.75) is 65.3 Å². The van der Waals surface area contributed by atoms with Gasteiger partial charge in [0, 0.05) is 11.3 Å². The first-order valence-electron chi connectivity index (χ1n) is 8.29. The minimum absolute atomic E-state index is 0.452. The summed E-state index contributed by atoms with van der Waals surface area (Å²) in [4.78, 5) is 23.4. The van der Waals surface area contributed by atoms with Crippen LogP contribution in [0.25, 0.3) is 0 Å². The molecule has 2 rings (SSSR count). The highest BCUT2D eigenvalue weighted by atomic mass is 16.7. The zero-order chi connectivity index (χ0) is 19.0. The van der Waals surface area contributed by atoms with Gasteiger partial charge >= 0.3 is 13.2 Å². The Hall–Kier alpha value is -1.86. The van der Waals surface area contributed by atoms with E-state index in [1.807, 2.05) is 27.7 Å². The molecule has 0 saturated carbocycles. The number of amides is 1. The van der Waals surface area contributed by atoms with E-state index in [4.69, 9.17) is 14.0 Å². The van der Waals surface area contributed by atoms with Crippen LogP contribution in [0.2, 0.25) is 0 Å². The molecular weight excluding hydrogens is 321 g/mol. The molecule has 25 heavy (non-hydrogen) atoms. The third-order valence-electron chi connectivity index (χ3n) is 4.37. The summed E-state index contributed by atoms with van der Waals surface area (Å²) in [7, 11) is -0.689. The lowest BCUT2D eigenvalue weighted by molar-refractivity contribution is 0.00578. The van der Waals surface area contributed by atoms with Gasteiger partial charge in [-0.15, -0.1) is 0 Å². The highest BCUT2D eigenvalue weighted by Gasteiger charge is 2.52. The number of hydrogen-bond acceptors (Lipinski definition) is 5. The van der Waals surface area contributed by atoms with Gasteiger partial charge in [-0.05, 0) is 72.1 Å². The maximum absolute atomic E-state index is 12.0. The van der Waals surface area contributed by atoms with Crippen LogP contribution in [0.1, 0.15) is 58.8 Å². The van der Waals surface area contributed by atoms with Gasteiger partial charge in [0.1, 0.15) is 11.9 Å². The molecule has 136 valence electrons. The van der Waals surface area contributed by atoms with Crippen LogP contribution >= 0.6 is 0 Å². The predicted molar refractivity (Wildman–Crippen MR) is 97.4 cm³/mol. The van der Waals surface area contributed by atoms with Crippen molar-refractivity contribution < 1.29 is 23.6 Å². The molecule has 0 spiro atoms. The highest BCUT2D eigenvalue weighted by Crippen LogP contribution is 2.36. The summed E-state index contributed by atoms with van der Waals surface area (Å²) in [5.74, 6) is 0. The molecule has 0 bridgehead atoms. The Labute approximate surface area is 149 Å². The van der Waals surface area contributed by atoms with Gasteiger partial charge in [-0.3, -0.25) is 10.1 Å². The van der Waals surface area contributed by atoms with Crippen molar-refractivity contribution in [1.82, 2.24) is 0 Å². The number of ether oxygens (including phenoxy) is 1. The van der Waals surface area contributed by atoms with E-state index in [0.717, 1.165) is 6.29 Å². The van der Waals surface area contributed by atoms with E-state index in [1.165, 1.54) is 0 Å². The molecule has 6 nitrogen and oxygen atoms in total. The molecule has 0 atom stereocenters. The van der Waals surface area contributed by atoms with E-state index >= 15 is 0 Å². The molecular formula is C18H26BNO5. The minimum atomic E-state index is -0.689. The second-order valence-electron chi connectivity index (χ2n) is 8.18. The van der Waals surface area contributed by atoms with Crippen molar-refractivity contribution >= 4 is 30.6 Å². The molecule has 7 heteroatoms. The first-order valence-corrected chi connectivity index (χ1v) is 8.29. The summed E-state index contributed by atoms with van der Waals surface area (Å²) in [5.41, 5.74) is -0.111.